The summed E-state index contributed by atoms with van der Waals surface area (Å²) >= 11 is 2.79. The fourth-order valence-corrected chi connectivity index (χ4v) is 4.53. The Morgan fingerprint density at radius 3 is 2.84 bits per heavy atom. The van der Waals surface area contributed by atoms with Gasteiger partial charge in [-0.25, -0.2) is 4.79 Å². The van der Waals surface area contributed by atoms with Crippen LogP contribution in [-0.2, 0) is 19.0 Å². The monoisotopic (exact) mass is 485 g/mol. The van der Waals surface area contributed by atoms with E-state index in [-0.39, 0.29) is 18.2 Å². The number of methoxy groups -OCH3 is 1. The Bertz CT molecular complexity index is 786. The number of aliphatic hydroxyl groups is 2. The SMILES string of the molecule is COCC(O)CSCCSCC(=O)OC[C@H]1OC(n2ccc(N)nc2=O)C(F)(F)[C@H]1O. The Hall–Kier alpha value is -1.45. The van der Waals surface area contributed by atoms with E-state index in [9.17, 15) is 28.6 Å². The fraction of sp³-hybridized carbons (Fsp3) is 0.706. The van der Waals surface area contributed by atoms with E-state index in [0.29, 0.717) is 21.8 Å². The standard InChI is InChI=1S/C17H25F2N3O7S2/c1-27-6-10(23)8-30-4-5-31-9-13(24)28-7-11-14(25)17(18,19)15(29-11)22-3-2-12(20)21-16(22)26/h2-3,10-11,14-15,23,25H,4-9H2,1H3,(H2,20,21,26)/t10?,11-,14+,15?/m1/s1. The summed E-state index contributed by atoms with van der Waals surface area (Å²) < 4.78 is 44.2. The first kappa shape index (κ1) is 25.8. The molecule has 1 fully saturated rings. The highest BCUT2D eigenvalue weighted by Gasteiger charge is 2.60. The molecule has 0 bridgehead atoms. The molecule has 0 radical (unpaired) electrons. The summed E-state index contributed by atoms with van der Waals surface area (Å²) in [4.78, 5) is 27.0. The van der Waals surface area contributed by atoms with Crippen LogP contribution in [-0.4, -0.2) is 93.3 Å². The summed E-state index contributed by atoms with van der Waals surface area (Å²) in [7, 11) is 1.50. The number of alkyl halides is 2. The molecule has 4 N–H and O–H groups in total. The van der Waals surface area contributed by atoms with Crippen molar-refractivity contribution in [3.63, 3.8) is 0 Å². The first-order valence-electron chi connectivity index (χ1n) is 9.21. The number of hydrogen-bond acceptors (Lipinski definition) is 11. The number of halogens is 2. The number of hydrogen-bond donors (Lipinski definition) is 3. The Morgan fingerprint density at radius 2 is 2.16 bits per heavy atom. The van der Waals surface area contributed by atoms with Crippen molar-refractivity contribution in [3.8, 4) is 0 Å². The maximum Gasteiger partial charge on any atom is 0.351 e. The molecule has 1 aromatic rings. The van der Waals surface area contributed by atoms with Crippen molar-refractivity contribution in [3.05, 3.63) is 22.7 Å². The first-order valence-corrected chi connectivity index (χ1v) is 11.5. The molecule has 4 atom stereocenters. The van der Waals surface area contributed by atoms with Crippen LogP contribution in [0.1, 0.15) is 6.23 Å². The number of esters is 1. The van der Waals surface area contributed by atoms with Crippen molar-refractivity contribution in [1.29, 1.82) is 0 Å². The van der Waals surface area contributed by atoms with Crippen LogP contribution in [0, 0.1) is 0 Å². The number of nitrogens with two attached hydrogens (primary N) is 1. The summed E-state index contributed by atoms with van der Waals surface area (Å²) in [5, 5.41) is 19.4. The van der Waals surface area contributed by atoms with E-state index in [1.807, 2.05) is 0 Å². The number of rotatable bonds is 12. The zero-order valence-corrected chi connectivity index (χ0v) is 18.3. The highest BCUT2D eigenvalue weighted by atomic mass is 32.2. The average Bonchev–Trinajstić information content (AvgIpc) is 2.92. The number of aromatic nitrogens is 2. The third kappa shape index (κ3) is 7.29. The molecule has 176 valence electrons. The summed E-state index contributed by atoms with van der Waals surface area (Å²) in [6, 6.07) is 1.15. The zero-order valence-electron chi connectivity index (χ0n) is 16.7. The Labute approximate surface area is 185 Å². The molecule has 1 aromatic heterocycles. The van der Waals surface area contributed by atoms with Crippen LogP contribution < -0.4 is 11.4 Å². The lowest BCUT2D eigenvalue weighted by molar-refractivity contribution is -0.147. The molecule has 14 heteroatoms. The van der Waals surface area contributed by atoms with Gasteiger partial charge in [0.2, 0.25) is 6.23 Å². The van der Waals surface area contributed by atoms with E-state index in [1.54, 1.807) is 0 Å². The van der Waals surface area contributed by atoms with Gasteiger partial charge in [0, 0.05) is 30.6 Å². The average molecular weight is 486 g/mol. The normalized spacial score (nSPS) is 23.6. The van der Waals surface area contributed by atoms with Crippen LogP contribution in [0.5, 0.6) is 0 Å². The largest absolute Gasteiger partial charge is 0.462 e. The minimum Gasteiger partial charge on any atom is -0.462 e. The minimum absolute atomic E-state index is 0.00877. The van der Waals surface area contributed by atoms with Gasteiger partial charge in [-0.05, 0) is 6.07 Å². The van der Waals surface area contributed by atoms with Crippen molar-refractivity contribution in [2.75, 3.05) is 49.1 Å². The summed E-state index contributed by atoms with van der Waals surface area (Å²) in [5.41, 5.74) is 4.29. The topological polar surface area (TPSA) is 146 Å². The Morgan fingerprint density at radius 1 is 1.45 bits per heavy atom. The predicted octanol–water partition coefficient (Wildman–Crippen LogP) is -0.264. The van der Waals surface area contributed by atoms with Gasteiger partial charge in [-0.3, -0.25) is 9.36 Å². The van der Waals surface area contributed by atoms with E-state index in [1.165, 1.54) is 30.6 Å². The Balaban J connectivity index is 1.75. The molecule has 2 unspecified atom stereocenters. The molecule has 2 heterocycles. The van der Waals surface area contributed by atoms with Gasteiger partial charge in [0.25, 0.3) is 0 Å². The van der Waals surface area contributed by atoms with Crippen LogP contribution in [0.2, 0.25) is 0 Å². The number of carbonyl (C=O) groups excluding carboxylic acids is 1. The maximum atomic E-state index is 14.4. The van der Waals surface area contributed by atoms with Crippen LogP contribution in [0.15, 0.2) is 17.1 Å². The van der Waals surface area contributed by atoms with Gasteiger partial charge in [0.15, 0.2) is 6.10 Å². The lowest BCUT2D eigenvalue weighted by Crippen LogP contribution is -2.42. The third-order valence-electron chi connectivity index (χ3n) is 4.15. The number of aliphatic hydroxyl groups excluding tert-OH is 2. The van der Waals surface area contributed by atoms with E-state index >= 15 is 0 Å². The second-order valence-corrected chi connectivity index (χ2v) is 8.86. The van der Waals surface area contributed by atoms with Gasteiger partial charge in [-0.1, -0.05) is 0 Å². The number of thioether (sulfide) groups is 2. The number of nitrogens with zero attached hydrogens (tertiary/aromatic N) is 2. The summed E-state index contributed by atoms with van der Waals surface area (Å²) in [5.74, 6) is -2.78. The molecule has 1 aliphatic heterocycles. The molecule has 2 rings (SSSR count). The van der Waals surface area contributed by atoms with Crippen molar-refractivity contribution in [2.24, 2.45) is 0 Å². The van der Waals surface area contributed by atoms with Crippen LogP contribution in [0.3, 0.4) is 0 Å². The molecule has 31 heavy (non-hydrogen) atoms. The van der Waals surface area contributed by atoms with Gasteiger partial charge in [-0.15, -0.1) is 11.8 Å². The smallest absolute Gasteiger partial charge is 0.351 e. The molecule has 1 saturated heterocycles. The molecule has 0 spiro atoms. The number of nitrogen functional groups attached to an aromatic ring is 1. The minimum atomic E-state index is -3.81. The summed E-state index contributed by atoms with van der Waals surface area (Å²) in [6.45, 7) is -0.341. The van der Waals surface area contributed by atoms with Crippen molar-refractivity contribution >= 4 is 35.3 Å². The quantitative estimate of drug-likeness (QED) is 0.266. The molecule has 0 aromatic carbocycles. The van der Waals surface area contributed by atoms with Crippen LogP contribution >= 0.6 is 23.5 Å². The van der Waals surface area contributed by atoms with E-state index in [0.717, 1.165) is 12.3 Å². The van der Waals surface area contributed by atoms with Gasteiger partial charge in [-0.2, -0.15) is 25.5 Å². The lowest BCUT2D eigenvalue weighted by Gasteiger charge is -2.20. The molecule has 0 saturated carbocycles. The predicted molar refractivity (Wildman–Crippen MR) is 111 cm³/mol. The van der Waals surface area contributed by atoms with Crippen LogP contribution in [0.4, 0.5) is 14.6 Å². The first-order chi connectivity index (χ1) is 14.7. The second kappa shape index (κ2) is 12.0. The lowest BCUT2D eigenvalue weighted by atomic mass is 10.1. The van der Waals surface area contributed by atoms with Gasteiger partial charge >= 0.3 is 17.6 Å². The van der Waals surface area contributed by atoms with E-state index < -0.39 is 48.7 Å². The van der Waals surface area contributed by atoms with E-state index in [4.69, 9.17) is 19.9 Å². The molecule has 10 nitrogen and oxygen atoms in total. The highest BCUT2D eigenvalue weighted by Crippen LogP contribution is 2.42. The van der Waals surface area contributed by atoms with Gasteiger partial charge < -0.3 is 30.2 Å². The zero-order chi connectivity index (χ0) is 23.0. The molecule has 1 aliphatic rings. The molecular formula is C17H25F2N3O7S2. The van der Waals surface area contributed by atoms with E-state index in [2.05, 4.69) is 4.98 Å². The van der Waals surface area contributed by atoms with Crippen molar-refractivity contribution < 1.29 is 38.0 Å². The fourth-order valence-electron chi connectivity index (χ4n) is 2.66. The summed E-state index contributed by atoms with van der Waals surface area (Å²) in [6.07, 6.45) is -5.46. The van der Waals surface area contributed by atoms with Gasteiger partial charge in [0.05, 0.1) is 18.5 Å². The maximum absolute atomic E-state index is 14.4. The highest BCUT2D eigenvalue weighted by molar-refractivity contribution is 8.03. The van der Waals surface area contributed by atoms with Crippen molar-refractivity contribution in [2.45, 2.75) is 30.5 Å². The molecule has 0 amide bonds. The Kier molecular flexibility index (Phi) is 9.96. The molecule has 0 aliphatic carbocycles. The van der Waals surface area contributed by atoms with Gasteiger partial charge in [0.1, 0.15) is 18.5 Å². The molecular weight excluding hydrogens is 460 g/mol. The number of anilines is 1. The second-order valence-electron chi connectivity index (χ2n) is 6.61. The number of ether oxygens (including phenoxy) is 3. The van der Waals surface area contributed by atoms with Crippen molar-refractivity contribution in [1.82, 2.24) is 9.55 Å². The van der Waals surface area contributed by atoms with Crippen LogP contribution in [0.25, 0.3) is 0 Å². The third-order valence-corrected chi connectivity index (χ3v) is 6.46. The number of carbonyl (C=O) groups is 1.